The third-order valence-electron chi connectivity index (χ3n) is 3.79. The van der Waals surface area contributed by atoms with Gasteiger partial charge in [0.2, 0.25) is 0 Å². The Morgan fingerprint density at radius 3 is 2.59 bits per heavy atom. The van der Waals surface area contributed by atoms with Gasteiger partial charge in [-0.15, -0.1) is 24.0 Å². The van der Waals surface area contributed by atoms with Crippen LogP contribution < -0.4 is 10.6 Å². The standard InChI is InChI=1S/C20H26FN3OS.HI/c1-22-20(23-10-11-25-14-16-6-4-3-5-7-16)24-13-17-8-9-19(21)12-18(17)15-26-2;/h3-9,12H,10-11,13-15H2,1-2H3,(H2,22,23,24);1H. The highest BCUT2D eigenvalue weighted by molar-refractivity contribution is 14.0. The lowest BCUT2D eigenvalue weighted by molar-refractivity contribution is 0.125. The second-order valence-corrected chi connectivity index (χ2v) is 6.60. The summed E-state index contributed by atoms with van der Waals surface area (Å²) < 4.78 is 19.1. The van der Waals surface area contributed by atoms with Crippen molar-refractivity contribution in [2.24, 2.45) is 4.99 Å². The Balaban J connectivity index is 0.00000364. The van der Waals surface area contributed by atoms with Gasteiger partial charge < -0.3 is 15.4 Å². The first-order chi connectivity index (χ1) is 12.7. The molecule has 0 radical (unpaired) electrons. The Hall–Kier alpha value is -1.32. The zero-order valence-electron chi connectivity index (χ0n) is 15.7. The van der Waals surface area contributed by atoms with Crippen LogP contribution in [0.25, 0.3) is 0 Å². The van der Waals surface area contributed by atoms with Crippen LogP contribution in [-0.2, 0) is 23.6 Å². The number of halogens is 2. The molecule has 0 aliphatic heterocycles. The largest absolute Gasteiger partial charge is 0.375 e. The molecule has 0 saturated carbocycles. The minimum Gasteiger partial charge on any atom is -0.375 e. The van der Waals surface area contributed by atoms with E-state index < -0.39 is 0 Å². The van der Waals surface area contributed by atoms with Crippen LogP contribution >= 0.6 is 35.7 Å². The van der Waals surface area contributed by atoms with Gasteiger partial charge in [0, 0.05) is 25.9 Å². The third kappa shape index (κ3) is 8.94. The molecule has 7 heteroatoms. The number of aliphatic imine (C=N–C) groups is 1. The molecule has 0 heterocycles. The summed E-state index contributed by atoms with van der Waals surface area (Å²) in [6, 6.07) is 15.0. The molecular formula is C20H27FIN3OS. The summed E-state index contributed by atoms with van der Waals surface area (Å²) >= 11 is 1.68. The summed E-state index contributed by atoms with van der Waals surface area (Å²) in [4.78, 5) is 4.21. The predicted octanol–water partition coefficient (Wildman–Crippen LogP) is 4.19. The summed E-state index contributed by atoms with van der Waals surface area (Å²) in [6.07, 6.45) is 2.01. The number of ether oxygens (including phenoxy) is 1. The van der Waals surface area contributed by atoms with Gasteiger partial charge in [0.1, 0.15) is 5.82 Å². The number of hydrogen-bond donors (Lipinski definition) is 2. The van der Waals surface area contributed by atoms with Gasteiger partial charge in [0.15, 0.2) is 5.96 Å². The van der Waals surface area contributed by atoms with Crippen LogP contribution in [-0.4, -0.2) is 32.4 Å². The van der Waals surface area contributed by atoms with Crippen molar-refractivity contribution in [3.05, 3.63) is 71.0 Å². The van der Waals surface area contributed by atoms with Gasteiger partial charge in [-0.1, -0.05) is 36.4 Å². The first-order valence-corrected chi connectivity index (χ1v) is 9.94. The van der Waals surface area contributed by atoms with Gasteiger partial charge in [-0.05, 0) is 35.1 Å². The molecule has 0 atom stereocenters. The number of rotatable bonds is 9. The van der Waals surface area contributed by atoms with Crippen molar-refractivity contribution >= 4 is 41.7 Å². The Kier molecular flexibility index (Phi) is 12.1. The van der Waals surface area contributed by atoms with Crippen molar-refractivity contribution in [3.63, 3.8) is 0 Å². The first kappa shape index (κ1) is 23.7. The molecule has 0 amide bonds. The van der Waals surface area contributed by atoms with Gasteiger partial charge in [-0.2, -0.15) is 11.8 Å². The van der Waals surface area contributed by atoms with Crippen LogP contribution in [0.4, 0.5) is 4.39 Å². The van der Waals surface area contributed by atoms with E-state index in [1.165, 1.54) is 6.07 Å². The van der Waals surface area contributed by atoms with Crippen LogP contribution in [0.5, 0.6) is 0 Å². The molecular weight excluding hydrogens is 476 g/mol. The monoisotopic (exact) mass is 503 g/mol. The number of guanidine groups is 1. The molecule has 148 valence electrons. The van der Waals surface area contributed by atoms with Crippen molar-refractivity contribution < 1.29 is 9.13 Å². The maximum absolute atomic E-state index is 13.4. The Labute approximate surface area is 182 Å². The fraction of sp³-hybridized carbons (Fsp3) is 0.350. The Morgan fingerprint density at radius 1 is 1.11 bits per heavy atom. The molecule has 0 bridgehead atoms. The third-order valence-corrected chi connectivity index (χ3v) is 4.39. The number of thioether (sulfide) groups is 1. The maximum atomic E-state index is 13.4. The van der Waals surface area contributed by atoms with E-state index in [-0.39, 0.29) is 29.8 Å². The molecule has 0 fully saturated rings. The second-order valence-electron chi connectivity index (χ2n) is 5.74. The number of nitrogens with zero attached hydrogens (tertiary/aromatic N) is 1. The Bertz CT molecular complexity index is 701. The van der Waals surface area contributed by atoms with Crippen molar-refractivity contribution in [3.8, 4) is 0 Å². The van der Waals surface area contributed by atoms with Gasteiger partial charge in [0.25, 0.3) is 0 Å². The maximum Gasteiger partial charge on any atom is 0.191 e. The Morgan fingerprint density at radius 2 is 1.89 bits per heavy atom. The van der Waals surface area contributed by atoms with E-state index in [1.807, 2.05) is 42.7 Å². The van der Waals surface area contributed by atoms with E-state index >= 15 is 0 Å². The molecule has 0 aliphatic carbocycles. The molecule has 2 aromatic rings. The van der Waals surface area contributed by atoms with E-state index in [9.17, 15) is 4.39 Å². The highest BCUT2D eigenvalue weighted by Crippen LogP contribution is 2.16. The van der Waals surface area contributed by atoms with Crippen LogP contribution in [0.3, 0.4) is 0 Å². The molecule has 2 rings (SSSR count). The van der Waals surface area contributed by atoms with Gasteiger partial charge in [-0.3, -0.25) is 4.99 Å². The van der Waals surface area contributed by atoms with Gasteiger partial charge >= 0.3 is 0 Å². The summed E-state index contributed by atoms with van der Waals surface area (Å²) in [7, 11) is 1.73. The first-order valence-electron chi connectivity index (χ1n) is 8.55. The predicted molar refractivity (Wildman–Crippen MR) is 123 cm³/mol. The van der Waals surface area contributed by atoms with Gasteiger partial charge in [0.05, 0.1) is 13.2 Å². The SMILES string of the molecule is CN=C(NCCOCc1ccccc1)NCc1ccc(F)cc1CSC.I. The number of hydrogen-bond acceptors (Lipinski definition) is 3. The minimum atomic E-state index is -0.198. The summed E-state index contributed by atoms with van der Waals surface area (Å²) in [5.74, 6) is 1.29. The lowest BCUT2D eigenvalue weighted by Gasteiger charge is -2.14. The lowest BCUT2D eigenvalue weighted by atomic mass is 10.1. The molecule has 2 N–H and O–H groups in total. The van der Waals surface area contributed by atoms with E-state index in [1.54, 1.807) is 24.9 Å². The van der Waals surface area contributed by atoms with Crippen molar-refractivity contribution in [2.75, 3.05) is 26.5 Å². The van der Waals surface area contributed by atoms with Crippen LogP contribution in [0.2, 0.25) is 0 Å². The van der Waals surface area contributed by atoms with E-state index in [4.69, 9.17) is 4.74 Å². The quantitative estimate of drug-likeness (QED) is 0.233. The molecule has 27 heavy (non-hydrogen) atoms. The van der Waals surface area contributed by atoms with E-state index in [0.29, 0.717) is 32.3 Å². The smallest absolute Gasteiger partial charge is 0.191 e. The normalized spacial score (nSPS) is 11.0. The zero-order chi connectivity index (χ0) is 18.6. The van der Waals surface area contributed by atoms with Crippen LogP contribution in [0.1, 0.15) is 16.7 Å². The van der Waals surface area contributed by atoms with E-state index in [0.717, 1.165) is 22.4 Å². The van der Waals surface area contributed by atoms with E-state index in [2.05, 4.69) is 15.6 Å². The highest BCUT2D eigenvalue weighted by Gasteiger charge is 2.05. The average Bonchev–Trinajstić information content (AvgIpc) is 2.66. The molecule has 0 spiro atoms. The lowest BCUT2D eigenvalue weighted by Crippen LogP contribution is -2.38. The topological polar surface area (TPSA) is 45.7 Å². The molecule has 0 aromatic heterocycles. The van der Waals surface area contributed by atoms with Crippen LogP contribution in [0.15, 0.2) is 53.5 Å². The van der Waals surface area contributed by atoms with Crippen molar-refractivity contribution in [2.45, 2.75) is 18.9 Å². The fourth-order valence-electron chi connectivity index (χ4n) is 2.46. The average molecular weight is 503 g/mol. The number of benzene rings is 2. The molecule has 4 nitrogen and oxygen atoms in total. The molecule has 0 aliphatic rings. The van der Waals surface area contributed by atoms with Crippen LogP contribution in [0, 0.1) is 5.82 Å². The minimum absolute atomic E-state index is 0. The van der Waals surface area contributed by atoms with Crippen molar-refractivity contribution in [1.29, 1.82) is 0 Å². The summed E-state index contributed by atoms with van der Waals surface area (Å²) in [6.45, 7) is 2.44. The molecule has 0 unspecified atom stereocenters. The molecule has 0 saturated heterocycles. The summed E-state index contributed by atoms with van der Waals surface area (Å²) in [5.41, 5.74) is 3.24. The fourth-order valence-corrected chi connectivity index (χ4v) is 3.04. The number of nitrogens with one attached hydrogen (secondary N) is 2. The van der Waals surface area contributed by atoms with Gasteiger partial charge in [-0.25, -0.2) is 4.39 Å². The highest BCUT2D eigenvalue weighted by atomic mass is 127. The second kappa shape index (κ2) is 13.8. The van der Waals surface area contributed by atoms with Crippen molar-refractivity contribution in [1.82, 2.24) is 10.6 Å². The molecule has 2 aromatic carbocycles. The zero-order valence-corrected chi connectivity index (χ0v) is 18.9. The summed E-state index contributed by atoms with van der Waals surface area (Å²) in [5, 5.41) is 6.49.